The molecule has 0 radical (unpaired) electrons. The number of carbonyl (C=O) groups is 1. The molecule has 0 atom stereocenters. The molecule has 72 valence electrons. The molecular formula is C9H8ClN3O. The Kier molecular flexibility index (Phi) is 2.00. The van der Waals surface area contributed by atoms with Gasteiger partial charge in [0, 0.05) is 5.69 Å². The summed E-state index contributed by atoms with van der Waals surface area (Å²) in [6.07, 6.45) is 1.57. The second-order valence-electron chi connectivity index (χ2n) is 3.08. The van der Waals surface area contributed by atoms with E-state index in [0.29, 0.717) is 11.1 Å². The zero-order valence-electron chi connectivity index (χ0n) is 7.76. The maximum atomic E-state index is 11.3. The average molecular weight is 210 g/mol. The molecule has 0 aliphatic rings. The van der Waals surface area contributed by atoms with Crippen molar-refractivity contribution in [1.82, 2.24) is 15.0 Å². The van der Waals surface area contributed by atoms with E-state index in [1.165, 1.54) is 6.92 Å². The van der Waals surface area contributed by atoms with Crippen LogP contribution in [0.3, 0.4) is 0 Å². The third-order valence-corrected chi connectivity index (χ3v) is 2.23. The van der Waals surface area contributed by atoms with Crippen LogP contribution in [-0.4, -0.2) is 20.7 Å². The maximum absolute atomic E-state index is 11.3. The van der Waals surface area contributed by atoms with Gasteiger partial charge in [-0.3, -0.25) is 4.79 Å². The molecule has 5 heteroatoms. The standard InChI is InChI=1S/C9H8ClN3O/c1-4-7(5(2)14)8-6(12-4)3-11-9(10)13-8/h3,12H,1-2H3. The smallest absolute Gasteiger partial charge is 0.223 e. The van der Waals surface area contributed by atoms with Crippen molar-refractivity contribution in [2.75, 3.05) is 0 Å². The maximum Gasteiger partial charge on any atom is 0.223 e. The van der Waals surface area contributed by atoms with Gasteiger partial charge in [0.15, 0.2) is 5.78 Å². The number of halogens is 1. The number of nitrogens with one attached hydrogen (secondary N) is 1. The van der Waals surface area contributed by atoms with Crippen LogP contribution in [0.2, 0.25) is 5.28 Å². The van der Waals surface area contributed by atoms with Crippen molar-refractivity contribution >= 4 is 28.4 Å². The van der Waals surface area contributed by atoms with Gasteiger partial charge in [-0.1, -0.05) is 0 Å². The second-order valence-corrected chi connectivity index (χ2v) is 3.42. The van der Waals surface area contributed by atoms with Crippen molar-refractivity contribution < 1.29 is 4.79 Å². The molecule has 4 nitrogen and oxygen atoms in total. The topological polar surface area (TPSA) is 58.6 Å². The van der Waals surface area contributed by atoms with Crippen molar-refractivity contribution in [1.29, 1.82) is 0 Å². The van der Waals surface area contributed by atoms with Crippen LogP contribution in [0.4, 0.5) is 0 Å². The summed E-state index contributed by atoms with van der Waals surface area (Å²) >= 11 is 5.66. The number of carbonyl (C=O) groups excluding carboxylic acids is 1. The molecule has 1 N–H and O–H groups in total. The lowest BCUT2D eigenvalue weighted by Gasteiger charge is -1.93. The first kappa shape index (κ1) is 9.15. The first-order valence-electron chi connectivity index (χ1n) is 4.11. The number of ketones is 1. The highest BCUT2D eigenvalue weighted by Gasteiger charge is 2.14. The Labute approximate surface area is 85.3 Å². The Bertz CT molecular complexity index is 518. The van der Waals surface area contributed by atoms with Crippen molar-refractivity contribution in [2.24, 2.45) is 0 Å². The highest BCUT2D eigenvalue weighted by atomic mass is 35.5. The number of aromatic amines is 1. The Balaban J connectivity index is 2.86. The molecule has 14 heavy (non-hydrogen) atoms. The highest BCUT2D eigenvalue weighted by Crippen LogP contribution is 2.20. The summed E-state index contributed by atoms with van der Waals surface area (Å²) in [5, 5.41) is 0.152. The van der Waals surface area contributed by atoms with Crippen LogP contribution in [0, 0.1) is 6.92 Å². The fourth-order valence-electron chi connectivity index (χ4n) is 1.52. The predicted molar refractivity (Wildman–Crippen MR) is 53.6 cm³/mol. The molecule has 2 aromatic rings. The number of aromatic nitrogens is 3. The number of Topliss-reactive ketones (excluding diaryl/α,β-unsaturated/α-hetero) is 1. The van der Waals surface area contributed by atoms with Gasteiger partial charge >= 0.3 is 0 Å². The van der Waals surface area contributed by atoms with E-state index in [1.807, 2.05) is 6.92 Å². The predicted octanol–water partition coefficient (Wildman–Crippen LogP) is 2.12. The number of hydrogen-bond donors (Lipinski definition) is 1. The van der Waals surface area contributed by atoms with E-state index in [1.54, 1.807) is 6.20 Å². The van der Waals surface area contributed by atoms with Crippen molar-refractivity contribution in [3.05, 3.63) is 22.7 Å². The van der Waals surface area contributed by atoms with Crippen molar-refractivity contribution in [3.8, 4) is 0 Å². The van der Waals surface area contributed by atoms with Crippen molar-refractivity contribution in [2.45, 2.75) is 13.8 Å². The molecule has 0 aliphatic heterocycles. The van der Waals surface area contributed by atoms with E-state index in [9.17, 15) is 4.79 Å². The SMILES string of the molecule is CC(=O)c1c(C)[nH]c2cnc(Cl)nc12. The molecule has 2 aromatic heterocycles. The van der Waals surface area contributed by atoms with E-state index < -0.39 is 0 Å². The molecular weight excluding hydrogens is 202 g/mol. The molecule has 0 saturated carbocycles. The fraction of sp³-hybridized carbons (Fsp3) is 0.222. The molecule has 0 aromatic carbocycles. The Morgan fingerprint density at radius 1 is 1.57 bits per heavy atom. The van der Waals surface area contributed by atoms with Gasteiger partial charge in [-0.15, -0.1) is 0 Å². The van der Waals surface area contributed by atoms with Crippen LogP contribution in [0.1, 0.15) is 23.0 Å². The largest absolute Gasteiger partial charge is 0.355 e. The number of fused-ring (bicyclic) bond motifs is 1. The number of aryl methyl sites for hydroxylation is 1. The zero-order chi connectivity index (χ0) is 10.3. The lowest BCUT2D eigenvalue weighted by atomic mass is 10.1. The van der Waals surface area contributed by atoms with Gasteiger partial charge < -0.3 is 4.98 Å². The number of hydrogen-bond acceptors (Lipinski definition) is 3. The van der Waals surface area contributed by atoms with Crippen LogP contribution >= 0.6 is 11.6 Å². The summed E-state index contributed by atoms with van der Waals surface area (Å²) in [7, 11) is 0. The molecule has 0 fully saturated rings. The average Bonchev–Trinajstić information content (AvgIpc) is 2.40. The summed E-state index contributed by atoms with van der Waals surface area (Å²) in [6.45, 7) is 3.33. The van der Waals surface area contributed by atoms with Gasteiger partial charge in [-0.05, 0) is 25.4 Å². The van der Waals surface area contributed by atoms with Crippen LogP contribution in [0.15, 0.2) is 6.20 Å². The number of nitrogens with zero attached hydrogens (tertiary/aromatic N) is 2. The first-order chi connectivity index (χ1) is 6.59. The molecule has 0 spiro atoms. The molecule has 0 saturated heterocycles. The van der Waals surface area contributed by atoms with E-state index in [0.717, 1.165) is 11.2 Å². The number of rotatable bonds is 1. The molecule has 0 amide bonds. The van der Waals surface area contributed by atoms with E-state index in [4.69, 9.17) is 11.6 Å². The van der Waals surface area contributed by atoms with Gasteiger partial charge in [-0.25, -0.2) is 9.97 Å². The minimum atomic E-state index is -0.0245. The van der Waals surface area contributed by atoms with Gasteiger partial charge in [0.2, 0.25) is 5.28 Å². The van der Waals surface area contributed by atoms with Gasteiger partial charge in [0.25, 0.3) is 0 Å². The summed E-state index contributed by atoms with van der Waals surface area (Å²) in [5.74, 6) is -0.0245. The summed E-state index contributed by atoms with van der Waals surface area (Å²) in [6, 6.07) is 0. The van der Waals surface area contributed by atoms with Gasteiger partial charge in [-0.2, -0.15) is 0 Å². The summed E-state index contributed by atoms with van der Waals surface area (Å²) in [4.78, 5) is 22.2. The minimum absolute atomic E-state index is 0.0245. The van der Waals surface area contributed by atoms with E-state index in [-0.39, 0.29) is 11.1 Å². The van der Waals surface area contributed by atoms with Crippen LogP contribution < -0.4 is 0 Å². The number of H-pyrrole nitrogens is 1. The first-order valence-corrected chi connectivity index (χ1v) is 4.49. The lowest BCUT2D eigenvalue weighted by molar-refractivity contribution is 0.101. The Morgan fingerprint density at radius 3 is 2.93 bits per heavy atom. The minimum Gasteiger partial charge on any atom is -0.355 e. The highest BCUT2D eigenvalue weighted by molar-refractivity contribution is 6.28. The van der Waals surface area contributed by atoms with Crippen LogP contribution in [-0.2, 0) is 0 Å². The van der Waals surface area contributed by atoms with E-state index in [2.05, 4.69) is 15.0 Å². The van der Waals surface area contributed by atoms with Crippen LogP contribution in [0.25, 0.3) is 11.0 Å². The van der Waals surface area contributed by atoms with Crippen molar-refractivity contribution in [3.63, 3.8) is 0 Å². The molecule has 0 aliphatic carbocycles. The van der Waals surface area contributed by atoms with Gasteiger partial charge in [0.1, 0.15) is 5.52 Å². The third kappa shape index (κ3) is 1.28. The summed E-state index contributed by atoms with van der Waals surface area (Å²) in [5.41, 5.74) is 2.71. The zero-order valence-corrected chi connectivity index (χ0v) is 8.51. The van der Waals surface area contributed by atoms with Crippen LogP contribution in [0.5, 0.6) is 0 Å². The molecule has 2 rings (SSSR count). The van der Waals surface area contributed by atoms with E-state index >= 15 is 0 Å². The Hall–Kier alpha value is -1.42. The molecule has 0 unspecified atom stereocenters. The Morgan fingerprint density at radius 2 is 2.29 bits per heavy atom. The van der Waals surface area contributed by atoms with Gasteiger partial charge in [0.05, 0.1) is 17.3 Å². The molecule has 2 heterocycles. The normalized spacial score (nSPS) is 10.8. The summed E-state index contributed by atoms with van der Waals surface area (Å²) < 4.78 is 0. The molecule has 0 bridgehead atoms. The fourth-order valence-corrected chi connectivity index (χ4v) is 1.65. The second kappa shape index (κ2) is 3.06. The third-order valence-electron chi connectivity index (χ3n) is 2.05. The quantitative estimate of drug-likeness (QED) is 0.578. The monoisotopic (exact) mass is 209 g/mol. The lowest BCUT2D eigenvalue weighted by Crippen LogP contribution is -1.94.